The maximum absolute atomic E-state index is 10.8. The second-order valence-electron chi connectivity index (χ2n) is 1.12. The molecular formula is C4H6Cl2F4. The average molecular weight is 201 g/mol. The monoisotopic (exact) mass is 200 g/mol. The number of halogens is 6. The van der Waals surface area contributed by atoms with Gasteiger partial charge in [0.25, 0.3) is 6.08 Å². The molecule has 0 nitrogen and oxygen atoms in total. The largest absolute Gasteiger partial charge is 0.318 e. The van der Waals surface area contributed by atoms with Gasteiger partial charge in [-0.2, -0.15) is 17.6 Å². The second kappa shape index (κ2) is 7.15. The lowest BCUT2D eigenvalue weighted by molar-refractivity contribution is 0.119. The predicted octanol–water partition coefficient (Wildman–Crippen LogP) is 3.66. The van der Waals surface area contributed by atoms with Gasteiger partial charge in [-0.05, 0) is 18.2 Å². The van der Waals surface area contributed by atoms with Crippen molar-refractivity contribution in [1.82, 2.24) is 0 Å². The summed E-state index contributed by atoms with van der Waals surface area (Å²) in [6.07, 6.45) is -1.83. The zero-order chi connectivity index (χ0) is 8.08. The summed E-state index contributed by atoms with van der Waals surface area (Å²) in [5, 5.41) is -3.03. The summed E-state index contributed by atoms with van der Waals surface area (Å²) < 4.78 is 41.9. The molecule has 0 aliphatic carbocycles. The van der Waals surface area contributed by atoms with Crippen LogP contribution in [0.4, 0.5) is 17.6 Å². The van der Waals surface area contributed by atoms with Gasteiger partial charge >= 0.3 is 5.38 Å². The second-order valence-corrected chi connectivity index (χ2v) is 1.78. The summed E-state index contributed by atoms with van der Waals surface area (Å²) in [6.45, 7) is 2.84. The number of hydrogen-bond acceptors (Lipinski definition) is 0. The van der Waals surface area contributed by atoms with Crippen LogP contribution in [0.1, 0.15) is 6.92 Å². The highest BCUT2D eigenvalue weighted by atomic mass is 35.5. The predicted molar refractivity (Wildman–Crippen MR) is 35.1 cm³/mol. The normalized spacial score (nSPS) is 8.60. The fourth-order valence-corrected chi connectivity index (χ4v) is 0. The number of hydrogen-bond donors (Lipinski definition) is 0. The van der Waals surface area contributed by atoms with E-state index in [9.17, 15) is 17.6 Å². The molecule has 0 saturated carbocycles. The molecule has 0 atom stereocenters. The maximum atomic E-state index is 10.8. The Bertz CT molecular complexity index is 77.7. The molecule has 0 bridgehead atoms. The molecule has 0 rings (SSSR count). The molecule has 0 aliphatic heterocycles. The Kier molecular flexibility index (Phi) is 11.8. The number of rotatable bonds is 0. The minimum absolute atomic E-state index is 0. The van der Waals surface area contributed by atoms with Crippen LogP contribution >= 0.6 is 24.0 Å². The maximum Gasteiger partial charge on any atom is 0.318 e. The minimum Gasteiger partial charge on any atom is -0.189 e. The Hall–Kier alpha value is 0.0400. The molecule has 0 radical (unpaired) electrons. The van der Waals surface area contributed by atoms with Crippen LogP contribution < -0.4 is 0 Å². The van der Waals surface area contributed by atoms with Crippen LogP contribution in [0.3, 0.4) is 0 Å². The van der Waals surface area contributed by atoms with E-state index in [0.717, 1.165) is 0 Å². The van der Waals surface area contributed by atoms with E-state index in [1.165, 1.54) is 0 Å². The fraction of sp³-hybridized carbons (Fsp3) is 0.500. The molecule has 0 aromatic carbocycles. The first kappa shape index (κ1) is 16.6. The van der Waals surface area contributed by atoms with Crippen LogP contribution in [0, 0.1) is 0 Å². The fourth-order valence-electron chi connectivity index (χ4n) is 0. The van der Waals surface area contributed by atoms with Gasteiger partial charge in [0.2, 0.25) is 0 Å². The van der Waals surface area contributed by atoms with Gasteiger partial charge in [0.1, 0.15) is 0 Å². The highest BCUT2D eigenvalue weighted by Crippen LogP contribution is 2.15. The highest BCUT2D eigenvalue weighted by Gasteiger charge is 2.12. The molecule has 0 amide bonds. The summed E-state index contributed by atoms with van der Waals surface area (Å²) in [4.78, 5) is 0. The smallest absolute Gasteiger partial charge is 0.189 e. The van der Waals surface area contributed by atoms with E-state index in [-0.39, 0.29) is 12.4 Å². The SMILES string of the molecule is C=C(F)F.CC(F)(F)Cl.Cl. The molecule has 0 aromatic heterocycles. The molecule has 0 aromatic rings. The van der Waals surface area contributed by atoms with E-state index in [4.69, 9.17) is 0 Å². The van der Waals surface area contributed by atoms with E-state index in [0.29, 0.717) is 6.92 Å². The van der Waals surface area contributed by atoms with Gasteiger partial charge in [0.05, 0.1) is 0 Å². The first-order valence-corrected chi connectivity index (χ1v) is 2.18. The van der Waals surface area contributed by atoms with Gasteiger partial charge in [0, 0.05) is 6.92 Å². The van der Waals surface area contributed by atoms with Gasteiger partial charge in [0.15, 0.2) is 0 Å². The van der Waals surface area contributed by atoms with E-state index < -0.39 is 11.5 Å². The summed E-state index contributed by atoms with van der Waals surface area (Å²) in [5.41, 5.74) is 0. The molecule has 0 heterocycles. The van der Waals surface area contributed by atoms with Gasteiger partial charge < -0.3 is 0 Å². The van der Waals surface area contributed by atoms with Gasteiger partial charge in [-0.25, -0.2) is 0 Å². The van der Waals surface area contributed by atoms with Crippen molar-refractivity contribution in [3.05, 3.63) is 12.7 Å². The van der Waals surface area contributed by atoms with Crippen molar-refractivity contribution >= 4 is 24.0 Å². The van der Waals surface area contributed by atoms with Crippen molar-refractivity contribution in [2.45, 2.75) is 12.3 Å². The summed E-state index contributed by atoms with van der Waals surface area (Å²) in [5.74, 6) is 0. The Morgan fingerprint density at radius 3 is 1.40 bits per heavy atom. The van der Waals surface area contributed by atoms with E-state index in [2.05, 4.69) is 18.2 Å². The van der Waals surface area contributed by atoms with Crippen molar-refractivity contribution in [1.29, 1.82) is 0 Å². The summed E-state index contributed by atoms with van der Waals surface area (Å²) in [6, 6.07) is 0. The van der Waals surface area contributed by atoms with Crippen LogP contribution in [0.25, 0.3) is 0 Å². The molecule has 0 spiro atoms. The van der Waals surface area contributed by atoms with Crippen LogP contribution in [0.15, 0.2) is 12.7 Å². The molecule has 6 heteroatoms. The third-order valence-corrected chi connectivity index (χ3v) is 0. The molecule has 64 valence electrons. The Balaban J connectivity index is -0.0000000910. The lowest BCUT2D eigenvalue weighted by Crippen LogP contribution is -1.92. The quantitative estimate of drug-likeness (QED) is 0.414. The summed E-state index contributed by atoms with van der Waals surface area (Å²) >= 11 is 4.20. The topological polar surface area (TPSA) is 0 Å². The molecular weight excluding hydrogens is 195 g/mol. The van der Waals surface area contributed by atoms with Crippen molar-refractivity contribution in [3.63, 3.8) is 0 Å². The van der Waals surface area contributed by atoms with Gasteiger partial charge in [-0.15, -0.1) is 12.4 Å². The van der Waals surface area contributed by atoms with Gasteiger partial charge in [-0.1, -0.05) is 0 Å². The molecule has 10 heavy (non-hydrogen) atoms. The van der Waals surface area contributed by atoms with Crippen molar-refractivity contribution in [3.8, 4) is 0 Å². The lowest BCUT2D eigenvalue weighted by Gasteiger charge is -1.90. The first-order valence-electron chi connectivity index (χ1n) is 1.80. The van der Waals surface area contributed by atoms with Crippen LogP contribution in [0.2, 0.25) is 0 Å². The molecule has 0 aliphatic rings. The Morgan fingerprint density at radius 2 is 1.40 bits per heavy atom. The van der Waals surface area contributed by atoms with Crippen molar-refractivity contribution < 1.29 is 17.6 Å². The summed E-state index contributed by atoms with van der Waals surface area (Å²) in [7, 11) is 0. The van der Waals surface area contributed by atoms with Crippen molar-refractivity contribution in [2.24, 2.45) is 0 Å². The average Bonchev–Trinajstić information content (AvgIpc) is 1.19. The highest BCUT2D eigenvalue weighted by molar-refractivity contribution is 6.21. The first-order chi connectivity index (χ1) is 3.73. The Morgan fingerprint density at radius 1 is 1.40 bits per heavy atom. The zero-order valence-electron chi connectivity index (χ0n) is 5.01. The molecule has 0 saturated heterocycles. The van der Waals surface area contributed by atoms with E-state index in [1.54, 1.807) is 0 Å². The van der Waals surface area contributed by atoms with Gasteiger partial charge in [-0.3, -0.25) is 0 Å². The molecule has 0 N–H and O–H groups in total. The van der Waals surface area contributed by atoms with E-state index in [1.807, 2.05) is 0 Å². The van der Waals surface area contributed by atoms with Crippen LogP contribution in [-0.4, -0.2) is 5.38 Å². The lowest BCUT2D eigenvalue weighted by atomic mass is 10.9. The van der Waals surface area contributed by atoms with Crippen LogP contribution in [-0.2, 0) is 0 Å². The third-order valence-electron chi connectivity index (χ3n) is 0. The van der Waals surface area contributed by atoms with Crippen molar-refractivity contribution in [2.75, 3.05) is 0 Å². The molecule has 0 fully saturated rings. The minimum atomic E-state index is -3.03. The zero-order valence-corrected chi connectivity index (χ0v) is 6.58. The van der Waals surface area contributed by atoms with Crippen LogP contribution in [0.5, 0.6) is 0 Å². The number of alkyl halides is 3. The molecule has 0 unspecified atom stereocenters. The van der Waals surface area contributed by atoms with E-state index >= 15 is 0 Å². The standard InChI is InChI=1S/C2H3ClF2.C2H2F2.ClH/c1-2(3,4)5;1-2(3)4;/h1H3;1H2;1H. The third kappa shape index (κ3) is 249000. The Labute approximate surface area is 67.3 Å².